The highest BCUT2D eigenvalue weighted by molar-refractivity contribution is 6.05. The summed E-state index contributed by atoms with van der Waals surface area (Å²) in [5.41, 5.74) is 0.290. The van der Waals surface area contributed by atoms with Gasteiger partial charge in [0.05, 0.1) is 25.4 Å². The molecule has 0 unspecified atom stereocenters. The Balaban J connectivity index is 1.38. The normalized spacial score (nSPS) is 21.0. The second-order valence-corrected chi connectivity index (χ2v) is 7.69. The van der Waals surface area contributed by atoms with Crippen LogP contribution in [0.25, 0.3) is 11.0 Å². The summed E-state index contributed by atoms with van der Waals surface area (Å²) in [6.07, 6.45) is 3.32. The Morgan fingerprint density at radius 3 is 2.47 bits per heavy atom. The molecule has 0 bridgehead atoms. The standard InChI is InChI=1S/C22H23NO7/c1-28-14-6-7-15-13(10-20(25)30-18(15)11-14)12-29-19(24)8-9-23-21(26)16-4-2-3-5-17(16)22(23)27/h6-7,10-11,16-17H,2-5,8-9,12H2,1H3/t16-,17-/m0/s1. The number of nitrogens with zero attached hydrogens (tertiary/aromatic N) is 1. The molecule has 0 radical (unpaired) electrons. The maximum atomic E-state index is 12.5. The van der Waals surface area contributed by atoms with Gasteiger partial charge in [0, 0.05) is 29.6 Å². The zero-order valence-electron chi connectivity index (χ0n) is 16.7. The van der Waals surface area contributed by atoms with Crippen LogP contribution >= 0.6 is 0 Å². The predicted molar refractivity (Wildman–Crippen MR) is 106 cm³/mol. The molecule has 2 aromatic rings. The van der Waals surface area contributed by atoms with E-state index in [1.165, 1.54) is 18.1 Å². The highest BCUT2D eigenvalue weighted by Gasteiger charge is 2.47. The number of carbonyl (C=O) groups excluding carboxylic acids is 3. The van der Waals surface area contributed by atoms with Crippen molar-refractivity contribution in [3.63, 3.8) is 0 Å². The number of benzene rings is 1. The lowest BCUT2D eigenvalue weighted by atomic mass is 9.81. The van der Waals surface area contributed by atoms with Gasteiger partial charge in [-0.05, 0) is 25.0 Å². The van der Waals surface area contributed by atoms with Crippen molar-refractivity contribution < 1.29 is 28.3 Å². The number of carbonyl (C=O) groups is 3. The van der Waals surface area contributed by atoms with Gasteiger partial charge in [-0.1, -0.05) is 12.8 Å². The third kappa shape index (κ3) is 3.81. The smallest absolute Gasteiger partial charge is 0.336 e. The molecule has 0 spiro atoms. The van der Waals surface area contributed by atoms with Gasteiger partial charge in [-0.25, -0.2) is 4.79 Å². The fourth-order valence-electron chi connectivity index (χ4n) is 4.34. The van der Waals surface area contributed by atoms with Crippen molar-refractivity contribution in [3.05, 3.63) is 40.2 Å². The van der Waals surface area contributed by atoms with Crippen molar-refractivity contribution in [2.75, 3.05) is 13.7 Å². The van der Waals surface area contributed by atoms with Crippen molar-refractivity contribution in [2.24, 2.45) is 11.8 Å². The van der Waals surface area contributed by atoms with Gasteiger partial charge < -0.3 is 13.9 Å². The maximum Gasteiger partial charge on any atom is 0.336 e. The number of hydrogen-bond acceptors (Lipinski definition) is 7. The van der Waals surface area contributed by atoms with E-state index in [0.29, 0.717) is 22.3 Å². The Hall–Kier alpha value is -3.16. The fraction of sp³-hybridized carbons (Fsp3) is 0.455. The number of amides is 2. The Bertz CT molecular complexity index is 1030. The van der Waals surface area contributed by atoms with Crippen LogP contribution in [0.15, 0.2) is 33.5 Å². The summed E-state index contributed by atoms with van der Waals surface area (Å²) in [7, 11) is 1.51. The molecule has 2 heterocycles. The number of hydrogen-bond donors (Lipinski definition) is 0. The molecular formula is C22H23NO7. The van der Waals surface area contributed by atoms with Gasteiger partial charge in [-0.2, -0.15) is 0 Å². The van der Waals surface area contributed by atoms with E-state index in [-0.39, 0.29) is 43.2 Å². The molecule has 1 saturated heterocycles. The monoisotopic (exact) mass is 413 g/mol. The van der Waals surface area contributed by atoms with Crippen LogP contribution in [0, 0.1) is 11.8 Å². The van der Waals surface area contributed by atoms with E-state index in [9.17, 15) is 19.2 Å². The van der Waals surface area contributed by atoms with Gasteiger partial charge in [0.15, 0.2) is 0 Å². The fourth-order valence-corrected chi connectivity index (χ4v) is 4.34. The highest BCUT2D eigenvalue weighted by Crippen LogP contribution is 2.38. The summed E-state index contributed by atoms with van der Waals surface area (Å²) in [5.74, 6) is -0.791. The molecule has 4 rings (SSSR count). The van der Waals surface area contributed by atoms with Crippen LogP contribution in [0.3, 0.4) is 0 Å². The lowest BCUT2D eigenvalue weighted by Crippen LogP contribution is -2.33. The van der Waals surface area contributed by atoms with E-state index in [2.05, 4.69) is 0 Å². The van der Waals surface area contributed by atoms with Gasteiger partial charge in [-0.3, -0.25) is 19.3 Å². The number of ether oxygens (including phenoxy) is 2. The van der Waals surface area contributed by atoms with Crippen LogP contribution in [0.4, 0.5) is 0 Å². The van der Waals surface area contributed by atoms with Crippen molar-refractivity contribution >= 4 is 28.8 Å². The molecular weight excluding hydrogens is 390 g/mol. The number of rotatable bonds is 6. The van der Waals surface area contributed by atoms with Crippen LogP contribution < -0.4 is 10.4 Å². The number of likely N-dealkylation sites (tertiary alicyclic amines) is 1. The van der Waals surface area contributed by atoms with Crippen molar-refractivity contribution in [1.82, 2.24) is 4.90 Å². The third-order valence-electron chi connectivity index (χ3n) is 5.90. The van der Waals surface area contributed by atoms with Gasteiger partial charge in [0.1, 0.15) is 17.9 Å². The summed E-state index contributed by atoms with van der Waals surface area (Å²) in [5, 5.41) is 0.636. The van der Waals surface area contributed by atoms with E-state index in [4.69, 9.17) is 13.9 Å². The minimum atomic E-state index is -0.558. The first kappa shape index (κ1) is 20.1. The molecule has 1 aliphatic heterocycles. The first-order valence-corrected chi connectivity index (χ1v) is 10.1. The van der Waals surface area contributed by atoms with Crippen molar-refractivity contribution in [2.45, 2.75) is 38.7 Å². The zero-order valence-corrected chi connectivity index (χ0v) is 16.7. The molecule has 8 heteroatoms. The molecule has 2 fully saturated rings. The zero-order chi connectivity index (χ0) is 21.3. The summed E-state index contributed by atoms with van der Waals surface area (Å²) >= 11 is 0. The molecule has 2 atom stereocenters. The Morgan fingerprint density at radius 1 is 1.10 bits per heavy atom. The minimum Gasteiger partial charge on any atom is -0.497 e. The SMILES string of the molecule is COc1ccc2c(COC(=O)CCN3C(=O)[C@H]4CCCC[C@@H]4C3=O)cc(=O)oc2c1. The van der Waals surface area contributed by atoms with Crippen LogP contribution in [0.5, 0.6) is 5.75 Å². The summed E-state index contributed by atoms with van der Waals surface area (Å²) in [6, 6.07) is 6.31. The van der Waals surface area contributed by atoms with Gasteiger partial charge in [0.25, 0.3) is 0 Å². The van der Waals surface area contributed by atoms with Crippen LogP contribution in [0.2, 0.25) is 0 Å². The van der Waals surface area contributed by atoms with Crippen molar-refractivity contribution in [1.29, 1.82) is 0 Å². The lowest BCUT2D eigenvalue weighted by molar-refractivity contribution is -0.146. The quantitative estimate of drug-likeness (QED) is 0.407. The average Bonchev–Trinajstić information content (AvgIpc) is 3.00. The topological polar surface area (TPSA) is 103 Å². The number of esters is 1. The maximum absolute atomic E-state index is 12.5. The number of methoxy groups -OCH3 is 1. The molecule has 8 nitrogen and oxygen atoms in total. The summed E-state index contributed by atoms with van der Waals surface area (Å²) in [4.78, 5) is 50.2. The molecule has 1 saturated carbocycles. The highest BCUT2D eigenvalue weighted by atomic mass is 16.5. The summed E-state index contributed by atoms with van der Waals surface area (Å²) < 4.78 is 15.6. The Morgan fingerprint density at radius 2 is 1.80 bits per heavy atom. The largest absolute Gasteiger partial charge is 0.497 e. The Labute approximate surface area is 172 Å². The molecule has 1 aliphatic carbocycles. The molecule has 1 aromatic carbocycles. The van der Waals surface area contributed by atoms with Gasteiger partial charge >= 0.3 is 11.6 Å². The van der Waals surface area contributed by atoms with Crippen LogP contribution in [-0.4, -0.2) is 36.3 Å². The van der Waals surface area contributed by atoms with E-state index >= 15 is 0 Å². The molecule has 2 amide bonds. The minimum absolute atomic E-state index is 0.0262. The average molecular weight is 413 g/mol. The first-order chi connectivity index (χ1) is 14.5. The van der Waals surface area contributed by atoms with Gasteiger partial charge in [-0.15, -0.1) is 0 Å². The van der Waals surface area contributed by atoms with Crippen LogP contribution in [0.1, 0.15) is 37.7 Å². The van der Waals surface area contributed by atoms with E-state index in [1.54, 1.807) is 18.2 Å². The van der Waals surface area contributed by atoms with Gasteiger partial charge in [0.2, 0.25) is 11.8 Å². The Kier molecular flexibility index (Phi) is 5.57. The second-order valence-electron chi connectivity index (χ2n) is 7.69. The van der Waals surface area contributed by atoms with Crippen molar-refractivity contribution in [3.8, 4) is 5.75 Å². The summed E-state index contributed by atoms with van der Waals surface area (Å²) in [6.45, 7) is -0.0845. The lowest BCUT2D eigenvalue weighted by Gasteiger charge is -2.19. The number of imide groups is 1. The second kappa shape index (κ2) is 8.30. The predicted octanol–water partition coefficient (Wildman–Crippen LogP) is 2.41. The first-order valence-electron chi connectivity index (χ1n) is 10.1. The molecule has 158 valence electrons. The molecule has 1 aromatic heterocycles. The third-order valence-corrected chi connectivity index (χ3v) is 5.90. The molecule has 0 N–H and O–H groups in total. The van der Waals surface area contributed by atoms with E-state index in [0.717, 1.165) is 25.7 Å². The van der Waals surface area contributed by atoms with Crippen LogP contribution in [-0.2, 0) is 25.7 Å². The molecule has 30 heavy (non-hydrogen) atoms. The molecule has 2 aliphatic rings. The van der Waals surface area contributed by atoms with E-state index < -0.39 is 11.6 Å². The van der Waals surface area contributed by atoms with E-state index in [1.807, 2.05) is 0 Å². The number of fused-ring (bicyclic) bond motifs is 2.